The summed E-state index contributed by atoms with van der Waals surface area (Å²) in [4.78, 5) is 0. The van der Waals surface area contributed by atoms with Crippen LogP contribution in [0.4, 0.5) is 0 Å². The number of aliphatic hydroxyl groups is 1. The van der Waals surface area contributed by atoms with Crippen molar-refractivity contribution in [2.75, 3.05) is 6.61 Å². The highest BCUT2D eigenvalue weighted by Crippen LogP contribution is 2.28. The largest absolute Gasteiger partial charge is 0.394 e. The molecule has 5 nitrogen and oxygen atoms in total. The summed E-state index contributed by atoms with van der Waals surface area (Å²) in [7, 11) is 0. The molecule has 21 heavy (non-hydrogen) atoms. The number of hydrogen-bond acceptors (Lipinski definition) is 5. The molecule has 0 saturated carbocycles. The van der Waals surface area contributed by atoms with Crippen LogP contribution in [0.5, 0.6) is 0 Å². The lowest BCUT2D eigenvalue weighted by Crippen LogP contribution is -2.50. The minimum Gasteiger partial charge on any atom is -0.394 e. The molecule has 0 radical (unpaired) electrons. The van der Waals surface area contributed by atoms with Crippen molar-refractivity contribution in [2.24, 2.45) is 0 Å². The summed E-state index contributed by atoms with van der Waals surface area (Å²) in [5.41, 5.74) is 0.582. The minimum atomic E-state index is -0.277. The van der Waals surface area contributed by atoms with Gasteiger partial charge in [0.05, 0.1) is 6.61 Å². The van der Waals surface area contributed by atoms with Crippen LogP contribution in [0.25, 0.3) is 5.65 Å². The lowest BCUT2D eigenvalue weighted by atomic mass is 9.96. The molecule has 2 rings (SSSR count). The van der Waals surface area contributed by atoms with Gasteiger partial charge in [-0.15, -0.1) is 10.2 Å². The predicted molar refractivity (Wildman–Crippen MR) is 86.7 cm³/mol. The molecule has 2 N–H and O–H groups in total. The molecule has 2 unspecified atom stereocenters. The van der Waals surface area contributed by atoms with Crippen LogP contribution < -0.4 is 5.32 Å². The van der Waals surface area contributed by atoms with Gasteiger partial charge >= 0.3 is 0 Å². The molecule has 2 heterocycles. The maximum absolute atomic E-state index is 9.68. The van der Waals surface area contributed by atoms with Crippen molar-refractivity contribution in [3.63, 3.8) is 0 Å². The Bertz CT molecular complexity index is 586. The first kappa shape index (κ1) is 16.3. The SMILES string of the molecule is CC(C)NC(C)(CO)CC(C)Sc1nnc2ccccn12. The van der Waals surface area contributed by atoms with Crippen LogP contribution >= 0.6 is 11.8 Å². The smallest absolute Gasteiger partial charge is 0.195 e. The number of aliphatic hydroxyl groups excluding tert-OH is 1. The predicted octanol–water partition coefficient (Wildman–Crippen LogP) is 2.35. The molecule has 0 saturated heterocycles. The van der Waals surface area contributed by atoms with E-state index >= 15 is 0 Å². The number of nitrogens with zero attached hydrogens (tertiary/aromatic N) is 3. The quantitative estimate of drug-likeness (QED) is 0.769. The summed E-state index contributed by atoms with van der Waals surface area (Å²) in [5.74, 6) is 0. The van der Waals surface area contributed by atoms with Gasteiger partial charge in [-0.2, -0.15) is 0 Å². The van der Waals surface area contributed by atoms with Crippen LogP contribution in [-0.4, -0.2) is 43.1 Å². The lowest BCUT2D eigenvalue weighted by Gasteiger charge is -2.33. The van der Waals surface area contributed by atoms with Crippen LogP contribution in [-0.2, 0) is 0 Å². The fraction of sp³-hybridized carbons (Fsp3) is 0.600. The monoisotopic (exact) mass is 308 g/mol. The summed E-state index contributed by atoms with van der Waals surface area (Å²) < 4.78 is 1.99. The molecule has 0 spiro atoms. The molecule has 0 fully saturated rings. The average Bonchev–Trinajstić information content (AvgIpc) is 2.81. The Morgan fingerprint density at radius 2 is 2.10 bits per heavy atom. The van der Waals surface area contributed by atoms with Crippen LogP contribution in [0, 0.1) is 0 Å². The highest BCUT2D eigenvalue weighted by atomic mass is 32.2. The van der Waals surface area contributed by atoms with Gasteiger partial charge in [0, 0.05) is 23.0 Å². The molecule has 0 aliphatic carbocycles. The van der Waals surface area contributed by atoms with Gasteiger partial charge < -0.3 is 10.4 Å². The Hall–Kier alpha value is -1.11. The van der Waals surface area contributed by atoms with Gasteiger partial charge in [0.25, 0.3) is 0 Å². The van der Waals surface area contributed by atoms with Crippen LogP contribution in [0.2, 0.25) is 0 Å². The van der Waals surface area contributed by atoms with Gasteiger partial charge in [-0.25, -0.2) is 0 Å². The molecular formula is C15H24N4OS. The molecule has 6 heteroatoms. The molecule has 0 aliphatic heterocycles. The molecule has 2 aromatic heterocycles. The van der Waals surface area contributed by atoms with E-state index in [0.29, 0.717) is 11.3 Å². The molecule has 2 aromatic rings. The van der Waals surface area contributed by atoms with E-state index in [1.807, 2.05) is 28.8 Å². The number of fused-ring (bicyclic) bond motifs is 1. The highest BCUT2D eigenvalue weighted by molar-refractivity contribution is 7.99. The second kappa shape index (κ2) is 6.77. The molecule has 0 bridgehead atoms. The normalized spacial score (nSPS) is 16.3. The Labute approximate surface area is 130 Å². The van der Waals surface area contributed by atoms with E-state index in [0.717, 1.165) is 17.2 Å². The lowest BCUT2D eigenvalue weighted by molar-refractivity contribution is 0.157. The zero-order chi connectivity index (χ0) is 15.5. The topological polar surface area (TPSA) is 62.5 Å². The van der Waals surface area contributed by atoms with E-state index in [1.165, 1.54) is 0 Å². The first-order valence-electron chi connectivity index (χ1n) is 7.28. The Balaban J connectivity index is 2.05. The second-order valence-electron chi connectivity index (χ2n) is 6.06. The van der Waals surface area contributed by atoms with Crippen molar-refractivity contribution < 1.29 is 5.11 Å². The fourth-order valence-corrected chi connectivity index (χ4v) is 3.79. The number of thioether (sulfide) groups is 1. The van der Waals surface area contributed by atoms with Gasteiger partial charge in [-0.3, -0.25) is 4.40 Å². The first-order chi connectivity index (χ1) is 9.93. The van der Waals surface area contributed by atoms with Gasteiger partial charge in [-0.1, -0.05) is 38.6 Å². The molecule has 116 valence electrons. The van der Waals surface area contributed by atoms with Crippen molar-refractivity contribution in [1.82, 2.24) is 19.9 Å². The zero-order valence-corrected chi connectivity index (χ0v) is 13.9. The molecule has 0 amide bonds. The van der Waals surface area contributed by atoms with E-state index in [4.69, 9.17) is 0 Å². The Morgan fingerprint density at radius 3 is 2.76 bits per heavy atom. The maximum Gasteiger partial charge on any atom is 0.195 e. The second-order valence-corrected chi connectivity index (χ2v) is 7.47. The molecule has 2 atom stereocenters. The average molecular weight is 308 g/mol. The third-order valence-electron chi connectivity index (χ3n) is 3.31. The zero-order valence-electron chi connectivity index (χ0n) is 13.1. The van der Waals surface area contributed by atoms with E-state index < -0.39 is 0 Å². The number of aromatic nitrogens is 3. The third-order valence-corrected chi connectivity index (χ3v) is 4.37. The highest BCUT2D eigenvalue weighted by Gasteiger charge is 2.27. The van der Waals surface area contributed by atoms with Crippen molar-refractivity contribution in [3.05, 3.63) is 24.4 Å². The van der Waals surface area contributed by atoms with E-state index in [2.05, 4.69) is 43.2 Å². The van der Waals surface area contributed by atoms with Gasteiger partial charge in [0.15, 0.2) is 10.8 Å². The summed E-state index contributed by atoms with van der Waals surface area (Å²) in [5, 5.41) is 22.7. The van der Waals surface area contributed by atoms with Gasteiger partial charge in [-0.05, 0) is 25.5 Å². The van der Waals surface area contributed by atoms with E-state index in [-0.39, 0.29) is 12.1 Å². The minimum absolute atomic E-state index is 0.122. The number of nitrogens with one attached hydrogen (secondary N) is 1. The van der Waals surface area contributed by atoms with Crippen molar-refractivity contribution in [3.8, 4) is 0 Å². The molecule has 0 aromatic carbocycles. The van der Waals surface area contributed by atoms with Crippen LogP contribution in [0.1, 0.15) is 34.1 Å². The fourth-order valence-electron chi connectivity index (χ4n) is 2.62. The summed E-state index contributed by atoms with van der Waals surface area (Å²) >= 11 is 1.69. The van der Waals surface area contributed by atoms with Crippen molar-refractivity contribution >= 4 is 17.4 Å². The number of rotatable bonds is 7. The van der Waals surface area contributed by atoms with Crippen LogP contribution in [0.15, 0.2) is 29.6 Å². The molecular weight excluding hydrogens is 284 g/mol. The summed E-state index contributed by atoms with van der Waals surface area (Å²) in [6.07, 6.45) is 2.83. The van der Waals surface area contributed by atoms with Gasteiger partial charge in [0.1, 0.15) is 0 Å². The Morgan fingerprint density at radius 1 is 1.33 bits per heavy atom. The summed E-state index contributed by atoms with van der Waals surface area (Å²) in [6.45, 7) is 8.53. The molecule has 0 aliphatic rings. The van der Waals surface area contributed by atoms with Crippen molar-refractivity contribution in [2.45, 2.75) is 56.1 Å². The van der Waals surface area contributed by atoms with Crippen LogP contribution in [0.3, 0.4) is 0 Å². The van der Waals surface area contributed by atoms with Crippen molar-refractivity contribution in [1.29, 1.82) is 0 Å². The van der Waals surface area contributed by atoms with E-state index in [9.17, 15) is 5.11 Å². The Kier molecular flexibility index (Phi) is 5.24. The maximum atomic E-state index is 9.68. The standard InChI is InChI=1S/C15H24N4OS/c1-11(2)16-15(4,10-20)9-12(3)21-14-18-17-13-7-5-6-8-19(13)14/h5-8,11-12,16,20H,9-10H2,1-4H3. The summed E-state index contributed by atoms with van der Waals surface area (Å²) in [6, 6.07) is 6.22. The first-order valence-corrected chi connectivity index (χ1v) is 8.16. The number of hydrogen-bond donors (Lipinski definition) is 2. The number of pyridine rings is 1. The van der Waals surface area contributed by atoms with Gasteiger partial charge in [0.2, 0.25) is 0 Å². The third kappa shape index (κ3) is 4.18. The van der Waals surface area contributed by atoms with E-state index in [1.54, 1.807) is 11.8 Å².